The molecule has 0 spiro atoms. The van der Waals surface area contributed by atoms with Gasteiger partial charge in [-0.15, -0.1) is 11.8 Å². The molecule has 1 aromatic rings. The molecule has 1 atom stereocenters. The van der Waals surface area contributed by atoms with Gasteiger partial charge in [0.25, 0.3) is 0 Å². The van der Waals surface area contributed by atoms with Crippen molar-refractivity contribution in [3.05, 3.63) is 24.5 Å². The average molecular weight is 195 g/mol. The first-order valence-corrected chi connectivity index (χ1v) is 4.96. The fraction of sp³-hybridized carbons (Fsp3) is 0.333. The highest BCUT2D eigenvalue weighted by molar-refractivity contribution is 8.00. The third kappa shape index (κ3) is 3.94. The SMILES string of the molecule is CC(CC(=N)N)Sc1ccncc1. The van der Waals surface area contributed by atoms with E-state index in [1.54, 1.807) is 24.2 Å². The molecule has 0 radical (unpaired) electrons. The van der Waals surface area contributed by atoms with Gasteiger partial charge < -0.3 is 5.73 Å². The molecular weight excluding hydrogens is 182 g/mol. The van der Waals surface area contributed by atoms with E-state index in [-0.39, 0.29) is 5.84 Å². The zero-order valence-corrected chi connectivity index (χ0v) is 8.34. The van der Waals surface area contributed by atoms with Gasteiger partial charge in [0.2, 0.25) is 0 Å². The second kappa shape index (κ2) is 4.87. The van der Waals surface area contributed by atoms with Gasteiger partial charge in [-0.1, -0.05) is 6.92 Å². The van der Waals surface area contributed by atoms with Crippen LogP contribution in [0.5, 0.6) is 0 Å². The maximum absolute atomic E-state index is 7.14. The maximum atomic E-state index is 7.14. The number of thioether (sulfide) groups is 1. The van der Waals surface area contributed by atoms with Crippen LogP contribution in [0, 0.1) is 5.41 Å². The van der Waals surface area contributed by atoms with Crippen LogP contribution < -0.4 is 5.73 Å². The highest BCUT2D eigenvalue weighted by atomic mass is 32.2. The Morgan fingerprint density at radius 2 is 2.23 bits per heavy atom. The molecule has 1 rings (SSSR count). The summed E-state index contributed by atoms with van der Waals surface area (Å²) in [6, 6.07) is 3.92. The first-order valence-electron chi connectivity index (χ1n) is 4.08. The van der Waals surface area contributed by atoms with E-state index in [9.17, 15) is 0 Å². The van der Waals surface area contributed by atoms with Gasteiger partial charge in [-0.2, -0.15) is 0 Å². The van der Waals surface area contributed by atoms with E-state index < -0.39 is 0 Å². The van der Waals surface area contributed by atoms with Crippen molar-refractivity contribution in [2.24, 2.45) is 5.73 Å². The third-order valence-corrected chi connectivity index (χ3v) is 2.61. The van der Waals surface area contributed by atoms with Crippen molar-refractivity contribution in [2.75, 3.05) is 0 Å². The van der Waals surface area contributed by atoms with Crippen molar-refractivity contribution in [3.8, 4) is 0 Å². The molecule has 1 heterocycles. The molecule has 0 aliphatic carbocycles. The fourth-order valence-electron chi connectivity index (χ4n) is 1.00. The summed E-state index contributed by atoms with van der Waals surface area (Å²) in [6.45, 7) is 2.06. The number of nitrogens with one attached hydrogen (secondary N) is 1. The number of pyridine rings is 1. The molecule has 0 fully saturated rings. The topological polar surface area (TPSA) is 62.8 Å². The number of rotatable bonds is 4. The molecule has 3 N–H and O–H groups in total. The Kier molecular flexibility index (Phi) is 3.76. The van der Waals surface area contributed by atoms with E-state index in [0.717, 1.165) is 0 Å². The van der Waals surface area contributed by atoms with Gasteiger partial charge in [0.05, 0.1) is 5.84 Å². The van der Waals surface area contributed by atoms with Gasteiger partial charge in [-0.3, -0.25) is 10.4 Å². The molecule has 0 aromatic carbocycles. The molecule has 13 heavy (non-hydrogen) atoms. The van der Waals surface area contributed by atoms with Gasteiger partial charge in [0, 0.05) is 29.0 Å². The summed E-state index contributed by atoms with van der Waals surface area (Å²) in [4.78, 5) is 5.10. The Balaban J connectivity index is 2.45. The summed E-state index contributed by atoms with van der Waals surface area (Å²) in [5.74, 6) is 0.244. The van der Waals surface area contributed by atoms with Gasteiger partial charge in [-0.25, -0.2) is 0 Å². The van der Waals surface area contributed by atoms with Crippen molar-refractivity contribution < 1.29 is 0 Å². The largest absolute Gasteiger partial charge is 0.388 e. The lowest BCUT2D eigenvalue weighted by molar-refractivity contribution is 0.995. The lowest BCUT2D eigenvalue weighted by Crippen LogP contribution is -2.14. The van der Waals surface area contributed by atoms with E-state index in [2.05, 4.69) is 11.9 Å². The number of amidine groups is 1. The summed E-state index contributed by atoms with van der Waals surface area (Å²) in [6.07, 6.45) is 4.17. The Morgan fingerprint density at radius 1 is 1.62 bits per heavy atom. The van der Waals surface area contributed by atoms with Gasteiger partial charge >= 0.3 is 0 Å². The van der Waals surface area contributed by atoms with E-state index >= 15 is 0 Å². The quantitative estimate of drug-likeness (QED) is 0.438. The fourth-order valence-corrected chi connectivity index (χ4v) is 2.01. The highest BCUT2D eigenvalue weighted by Gasteiger charge is 2.04. The number of aromatic nitrogens is 1. The normalized spacial score (nSPS) is 12.4. The molecule has 0 amide bonds. The minimum Gasteiger partial charge on any atom is -0.388 e. The number of hydrogen-bond donors (Lipinski definition) is 2. The average Bonchev–Trinajstić information content (AvgIpc) is 2.04. The molecular formula is C9H13N3S. The standard InChI is InChI=1S/C9H13N3S/c1-7(6-9(10)11)13-8-2-4-12-5-3-8/h2-5,7H,6H2,1H3,(H3,10,11). The smallest absolute Gasteiger partial charge is 0.0916 e. The van der Waals surface area contributed by atoms with Crippen LogP contribution in [-0.4, -0.2) is 16.1 Å². The molecule has 0 saturated heterocycles. The molecule has 0 aliphatic rings. The van der Waals surface area contributed by atoms with Crippen LogP contribution in [0.3, 0.4) is 0 Å². The van der Waals surface area contributed by atoms with E-state index in [0.29, 0.717) is 11.7 Å². The predicted octanol–water partition coefficient (Wildman–Crippen LogP) is 1.89. The van der Waals surface area contributed by atoms with Crippen LogP contribution in [0.2, 0.25) is 0 Å². The van der Waals surface area contributed by atoms with Gasteiger partial charge in [0.15, 0.2) is 0 Å². The van der Waals surface area contributed by atoms with E-state index in [1.165, 1.54) is 4.90 Å². The zero-order chi connectivity index (χ0) is 9.68. The summed E-state index contributed by atoms with van der Waals surface area (Å²) in [5, 5.41) is 7.49. The predicted molar refractivity (Wildman–Crippen MR) is 56.1 cm³/mol. The van der Waals surface area contributed by atoms with E-state index in [1.807, 2.05) is 12.1 Å². The molecule has 0 bridgehead atoms. The Morgan fingerprint density at radius 3 is 2.77 bits per heavy atom. The van der Waals surface area contributed by atoms with Crippen LogP contribution in [0.15, 0.2) is 29.4 Å². The van der Waals surface area contributed by atoms with Crippen molar-refractivity contribution in [1.82, 2.24) is 4.98 Å². The summed E-state index contributed by atoms with van der Waals surface area (Å²) in [7, 11) is 0. The molecule has 1 aromatic heterocycles. The monoisotopic (exact) mass is 195 g/mol. The first kappa shape index (κ1) is 10.1. The van der Waals surface area contributed by atoms with Crippen molar-refractivity contribution in [3.63, 3.8) is 0 Å². The van der Waals surface area contributed by atoms with Crippen molar-refractivity contribution in [2.45, 2.75) is 23.5 Å². The summed E-state index contributed by atoms with van der Waals surface area (Å²) >= 11 is 1.71. The molecule has 4 heteroatoms. The van der Waals surface area contributed by atoms with Crippen molar-refractivity contribution >= 4 is 17.6 Å². The van der Waals surface area contributed by atoms with Crippen LogP contribution in [0.1, 0.15) is 13.3 Å². The Hall–Kier alpha value is -1.03. The summed E-state index contributed by atoms with van der Waals surface area (Å²) < 4.78 is 0. The minimum atomic E-state index is 0.244. The Bertz CT molecular complexity index is 273. The lowest BCUT2D eigenvalue weighted by Gasteiger charge is -2.08. The van der Waals surface area contributed by atoms with E-state index in [4.69, 9.17) is 11.1 Å². The number of nitrogens with zero attached hydrogens (tertiary/aromatic N) is 1. The lowest BCUT2D eigenvalue weighted by atomic mass is 10.3. The zero-order valence-electron chi connectivity index (χ0n) is 7.53. The molecule has 3 nitrogen and oxygen atoms in total. The minimum absolute atomic E-state index is 0.244. The molecule has 0 saturated carbocycles. The van der Waals surface area contributed by atoms with Crippen LogP contribution in [-0.2, 0) is 0 Å². The molecule has 1 unspecified atom stereocenters. The highest BCUT2D eigenvalue weighted by Crippen LogP contribution is 2.23. The second-order valence-electron chi connectivity index (χ2n) is 2.84. The maximum Gasteiger partial charge on any atom is 0.0916 e. The third-order valence-electron chi connectivity index (χ3n) is 1.49. The number of nitrogens with two attached hydrogens (primary N) is 1. The Labute approximate surface area is 82.3 Å². The van der Waals surface area contributed by atoms with Crippen LogP contribution >= 0.6 is 11.8 Å². The molecule has 70 valence electrons. The summed E-state index contributed by atoms with van der Waals surface area (Å²) in [5.41, 5.74) is 5.30. The number of hydrogen-bond acceptors (Lipinski definition) is 3. The van der Waals surface area contributed by atoms with Crippen molar-refractivity contribution in [1.29, 1.82) is 5.41 Å². The first-order chi connectivity index (χ1) is 6.18. The van der Waals surface area contributed by atoms with Crippen LogP contribution in [0.25, 0.3) is 0 Å². The van der Waals surface area contributed by atoms with Gasteiger partial charge in [0.1, 0.15) is 0 Å². The second-order valence-corrected chi connectivity index (χ2v) is 4.35. The molecule has 0 aliphatic heterocycles. The van der Waals surface area contributed by atoms with Gasteiger partial charge in [-0.05, 0) is 12.1 Å². The van der Waals surface area contributed by atoms with Crippen LogP contribution in [0.4, 0.5) is 0 Å².